The van der Waals surface area contributed by atoms with E-state index in [4.69, 9.17) is 15.2 Å². The van der Waals surface area contributed by atoms with E-state index in [2.05, 4.69) is 15.3 Å². The van der Waals surface area contributed by atoms with Gasteiger partial charge in [-0.3, -0.25) is 4.79 Å². The van der Waals surface area contributed by atoms with Crippen molar-refractivity contribution in [3.8, 4) is 11.5 Å². The van der Waals surface area contributed by atoms with Crippen molar-refractivity contribution in [1.82, 2.24) is 9.97 Å². The summed E-state index contributed by atoms with van der Waals surface area (Å²) in [5, 5.41) is 2.96. The highest BCUT2D eigenvalue weighted by Gasteiger charge is 2.23. The molecule has 0 unspecified atom stereocenters. The fourth-order valence-electron chi connectivity index (χ4n) is 3.10. The first-order valence-electron chi connectivity index (χ1n) is 10.0. The van der Waals surface area contributed by atoms with Gasteiger partial charge in [0.05, 0.1) is 16.8 Å². The van der Waals surface area contributed by atoms with Gasteiger partial charge < -0.3 is 20.5 Å². The molecule has 0 aliphatic carbocycles. The first-order valence-corrected chi connectivity index (χ1v) is 12.5. The van der Waals surface area contributed by atoms with Crippen molar-refractivity contribution in [1.29, 1.82) is 0 Å². The number of fused-ring (bicyclic) bond motifs is 1. The number of anilines is 2. The first-order chi connectivity index (χ1) is 15.7. The Hall–Kier alpha value is -3.31. The number of hydrogen-bond donors (Lipinski definition) is 2. The largest absolute Gasteiger partial charge is 0.486 e. The third-order valence-corrected chi connectivity index (χ3v) is 7.63. The molecule has 0 radical (unpaired) electrons. The minimum Gasteiger partial charge on any atom is -0.486 e. The monoisotopic (exact) mass is 486 g/mol. The predicted molar refractivity (Wildman–Crippen MR) is 125 cm³/mol. The van der Waals surface area contributed by atoms with Crippen molar-refractivity contribution in [3.63, 3.8) is 0 Å². The molecule has 3 aromatic rings. The zero-order chi connectivity index (χ0) is 23.6. The molecule has 9 nitrogen and oxygen atoms in total. The highest BCUT2D eigenvalue weighted by atomic mass is 32.2. The van der Waals surface area contributed by atoms with E-state index in [1.807, 2.05) is 13.8 Å². The molecule has 3 N–H and O–H groups in total. The lowest BCUT2D eigenvalue weighted by molar-refractivity contribution is -0.113. The number of amides is 1. The quantitative estimate of drug-likeness (QED) is 0.398. The maximum Gasteiger partial charge on any atom is 0.234 e. The number of benzene rings is 2. The molecule has 1 amide bonds. The van der Waals surface area contributed by atoms with Crippen molar-refractivity contribution >= 4 is 39.0 Å². The number of carbonyl (C=O) groups excluding carboxylic acids is 1. The molecule has 2 heterocycles. The Morgan fingerprint density at radius 2 is 1.85 bits per heavy atom. The Kier molecular flexibility index (Phi) is 6.43. The summed E-state index contributed by atoms with van der Waals surface area (Å²) in [5.41, 5.74) is 8.35. The van der Waals surface area contributed by atoms with Gasteiger partial charge in [0.1, 0.15) is 23.9 Å². The highest BCUT2D eigenvalue weighted by molar-refractivity contribution is 7.99. The molecular weight excluding hydrogens is 464 g/mol. The minimum atomic E-state index is -3.87. The van der Waals surface area contributed by atoms with Crippen LogP contribution in [0.25, 0.3) is 0 Å². The Balaban J connectivity index is 1.42. The summed E-state index contributed by atoms with van der Waals surface area (Å²) >= 11 is 1.05. The number of nitrogens with two attached hydrogens (primary N) is 1. The van der Waals surface area contributed by atoms with Crippen LogP contribution in [0, 0.1) is 13.8 Å². The average molecular weight is 487 g/mol. The number of hydrogen-bond acceptors (Lipinski definition) is 9. The fraction of sp³-hybridized carbons (Fsp3) is 0.227. The number of rotatable bonds is 6. The van der Waals surface area contributed by atoms with Gasteiger partial charge in [0, 0.05) is 11.8 Å². The number of nitrogens with zero attached hydrogens (tertiary/aromatic N) is 2. The van der Waals surface area contributed by atoms with Crippen LogP contribution in [0.4, 0.5) is 11.5 Å². The van der Waals surface area contributed by atoms with Crippen molar-refractivity contribution < 1.29 is 22.7 Å². The zero-order valence-corrected chi connectivity index (χ0v) is 19.6. The van der Waals surface area contributed by atoms with Gasteiger partial charge in [0.2, 0.25) is 15.7 Å². The molecule has 0 spiro atoms. The molecule has 0 saturated heterocycles. The Labute approximate surface area is 195 Å². The number of sulfone groups is 1. The number of aryl methyl sites for hydroxylation is 2. The second-order valence-corrected chi connectivity index (χ2v) is 10.2. The Morgan fingerprint density at radius 1 is 1.09 bits per heavy atom. The summed E-state index contributed by atoms with van der Waals surface area (Å²) in [6.07, 6.45) is 1.17. The average Bonchev–Trinajstić information content (AvgIpc) is 2.79. The third kappa shape index (κ3) is 5.04. The van der Waals surface area contributed by atoms with Gasteiger partial charge in [0.25, 0.3) is 0 Å². The van der Waals surface area contributed by atoms with Crippen molar-refractivity contribution in [2.45, 2.75) is 28.8 Å². The topological polar surface area (TPSA) is 134 Å². The van der Waals surface area contributed by atoms with E-state index in [0.717, 1.165) is 22.9 Å². The Bertz CT molecular complexity index is 1330. The third-order valence-electron chi connectivity index (χ3n) is 5.00. The van der Waals surface area contributed by atoms with Crippen LogP contribution in [0.15, 0.2) is 57.5 Å². The van der Waals surface area contributed by atoms with Crippen molar-refractivity contribution in [3.05, 3.63) is 53.7 Å². The summed E-state index contributed by atoms with van der Waals surface area (Å²) in [6, 6.07) is 10.0. The van der Waals surface area contributed by atoms with Gasteiger partial charge >= 0.3 is 0 Å². The summed E-state index contributed by atoms with van der Waals surface area (Å²) in [6.45, 7) is 4.68. The smallest absolute Gasteiger partial charge is 0.234 e. The van der Waals surface area contributed by atoms with Crippen LogP contribution >= 0.6 is 11.8 Å². The number of carbonyl (C=O) groups is 1. The summed E-state index contributed by atoms with van der Waals surface area (Å²) < 4.78 is 36.9. The van der Waals surface area contributed by atoms with Crippen LogP contribution in [0.1, 0.15) is 11.1 Å². The second-order valence-electron chi connectivity index (χ2n) is 7.35. The molecule has 0 fully saturated rings. The van der Waals surface area contributed by atoms with Gasteiger partial charge in [-0.15, -0.1) is 0 Å². The lowest BCUT2D eigenvalue weighted by atomic mass is 10.1. The van der Waals surface area contributed by atoms with Gasteiger partial charge in [-0.25, -0.2) is 18.4 Å². The molecule has 1 aliphatic heterocycles. The summed E-state index contributed by atoms with van der Waals surface area (Å²) in [5.74, 6) is 0.761. The summed E-state index contributed by atoms with van der Waals surface area (Å²) in [4.78, 5) is 20.4. The normalized spacial score (nSPS) is 12.9. The molecule has 0 atom stereocenters. The highest BCUT2D eigenvalue weighted by Crippen LogP contribution is 2.33. The minimum absolute atomic E-state index is 0.0110. The molecule has 33 heavy (non-hydrogen) atoms. The molecule has 1 aromatic heterocycles. The van der Waals surface area contributed by atoms with E-state index in [9.17, 15) is 13.2 Å². The van der Waals surface area contributed by atoms with Crippen LogP contribution in [-0.4, -0.2) is 43.3 Å². The SMILES string of the molecule is Cc1ccc(S(=O)(=O)c2cnc(SCC(=O)Nc3ccc4c(c3)OCCO4)nc2N)cc1C. The molecule has 1 aliphatic rings. The van der Waals surface area contributed by atoms with Gasteiger partial charge in [-0.2, -0.15) is 0 Å². The molecule has 172 valence electrons. The molecule has 2 aromatic carbocycles. The number of nitrogens with one attached hydrogen (secondary N) is 1. The van der Waals surface area contributed by atoms with Gasteiger partial charge in [0.15, 0.2) is 16.7 Å². The summed E-state index contributed by atoms with van der Waals surface area (Å²) in [7, 11) is -3.87. The first kappa shape index (κ1) is 22.9. The molecule has 0 saturated carbocycles. The van der Waals surface area contributed by atoms with Crippen LogP contribution in [0.2, 0.25) is 0 Å². The maximum absolute atomic E-state index is 13.0. The molecule has 4 rings (SSSR count). The van der Waals surface area contributed by atoms with Crippen LogP contribution in [-0.2, 0) is 14.6 Å². The number of aromatic nitrogens is 2. The van der Waals surface area contributed by atoms with Gasteiger partial charge in [-0.05, 0) is 49.2 Å². The number of ether oxygens (including phenoxy) is 2. The van der Waals surface area contributed by atoms with Crippen LogP contribution < -0.4 is 20.5 Å². The predicted octanol–water partition coefficient (Wildman–Crippen LogP) is 3.01. The van der Waals surface area contributed by atoms with Crippen LogP contribution in [0.3, 0.4) is 0 Å². The van der Waals surface area contributed by atoms with E-state index in [1.54, 1.807) is 30.3 Å². The van der Waals surface area contributed by atoms with Crippen LogP contribution in [0.5, 0.6) is 11.5 Å². The fourth-order valence-corrected chi connectivity index (χ4v) is 5.07. The number of thioether (sulfide) groups is 1. The lowest BCUT2D eigenvalue weighted by Gasteiger charge is -2.18. The molecule has 11 heteroatoms. The second kappa shape index (κ2) is 9.28. The van der Waals surface area contributed by atoms with E-state index < -0.39 is 9.84 Å². The van der Waals surface area contributed by atoms with Crippen molar-refractivity contribution in [2.75, 3.05) is 30.0 Å². The van der Waals surface area contributed by atoms with Gasteiger partial charge in [-0.1, -0.05) is 17.8 Å². The Morgan fingerprint density at radius 3 is 2.58 bits per heavy atom. The lowest BCUT2D eigenvalue weighted by Crippen LogP contribution is -2.17. The molecule has 0 bridgehead atoms. The maximum atomic E-state index is 13.0. The van der Waals surface area contributed by atoms with Crippen molar-refractivity contribution in [2.24, 2.45) is 0 Å². The standard InChI is InChI=1S/C22H22N4O5S2/c1-13-3-5-16(9-14(13)2)33(28,29)19-11-24-22(26-21(19)23)32-12-20(27)25-15-4-6-17-18(10-15)31-8-7-30-17/h3-6,9-11H,7-8,12H2,1-2H3,(H,25,27)(H2,23,24,26). The van der Waals surface area contributed by atoms with E-state index in [-0.39, 0.29) is 32.4 Å². The van der Waals surface area contributed by atoms with E-state index in [1.165, 1.54) is 12.3 Å². The zero-order valence-electron chi connectivity index (χ0n) is 18.0. The van der Waals surface area contributed by atoms with E-state index >= 15 is 0 Å². The van der Waals surface area contributed by atoms with E-state index in [0.29, 0.717) is 30.4 Å². The molecular formula is C22H22N4O5S2. The number of nitrogen functional groups attached to an aromatic ring is 1.